The van der Waals surface area contributed by atoms with Crippen LogP contribution in [0.4, 0.5) is 11.4 Å². The van der Waals surface area contributed by atoms with Gasteiger partial charge in [-0.1, -0.05) is 0 Å². The van der Waals surface area contributed by atoms with Gasteiger partial charge in [0.1, 0.15) is 11.5 Å². The SMILES string of the molecule is CC(=O)O.CC(=O)O.O=C1c2c(O)ccc(O)c2C(=O)c2c(NCCNCCO)ccc(NCCNCCO)c21. The Bertz CT molecular complexity index is 1090. The predicted molar refractivity (Wildman–Crippen MR) is 147 cm³/mol. The van der Waals surface area contributed by atoms with Gasteiger partial charge in [-0.3, -0.25) is 19.2 Å². The summed E-state index contributed by atoms with van der Waals surface area (Å²) < 4.78 is 0. The highest BCUT2D eigenvalue weighted by Crippen LogP contribution is 2.42. The van der Waals surface area contributed by atoms with E-state index in [-0.39, 0.29) is 47.0 Å². The molecule has 0 saturated heterocycles. The third-order valence-corrected chi connectivity index (χ3v) is 5.09. The minimum atomic E-state index is -0.833. The zero-order chi connectivity index (χ0) is 30.2. The molecule has 2 aromatic carbocycles. The standard InChI is InChI=1S/C22H28N4O6.2C2H4O2/c27-11-9-23-5-7-25-13-1-2-14(26-8-6-24-10-12-28)18-17(13)21(31)19-15(29)3-4-16(30)20(19)22(18)32;2*1-2(3)4/h1-4,23-30H,5-12H2;2*1H3,(H,3,4). The number of carbonyl (C=O) groups is 4. The van der Waals surface area contributed by atoms with E-state index < -0.39 is 23.5 Å². The van der Waals surface area contributed by atoms with Crippen molar-refractivity contribution in [3.8, 4) is 11.5 Å². The molecule has 2 aromatic rings. The van der Waals surface area contributed by atoms with Crippen LogP contribution in [0.2, 0.25) is 0 Å². The maximum atomic E-state index is 13.4. The Balaban J connectivity index is 0.000000883. The second kappa shape index (κ2) is 17.4. The van der Waals surface area contributed by atoms with E-state index in [0.717, 1.165) is 13.8 Å². The molecule has 0 radical (unpaired) electrons. The highest BCUT2D eigenvalue weighted by Gasteiger charge is 2.37. The van der Waals surface area contributed by atoms with Crippen LogP contribution in [0.5, 0.6) is 11.5 Å². The van der Waals surface area contributed by atoms with Gasteiger partial charge in [-0.15, -0.1) is 0 Å². The number of nitrogens with one attached hydrogen (secondary N) is 4. The number of hydrogen-bond acceptors (Lipinski definition) is 12. The third kappa shape index (κ3) is 10.1. The van der Waals surface area contributed by atoms with E-state index >= 15 is 0 Å². The van der Waals surface area contributed by atoms with Gasteiger partial charge in [-0.2, -0.15) is 0 Å². The van der Waals surface area contributed by atoms with E-state index in [9.17, 15) is 19.8 Å². The summed E-state index contributed by atoms with van der Waals surface area (Å²) in [6.07, 6.45) is 0. The van der Waals surface area contributed by atoms with Crippen molar-refractivity contribution in [2.75, 3.05) is 63.1 Å². The summed E-state index contributed by atoms with van der Waals surface area (Å²) in [5, 5.41) is 65.4. The number of aromatic hydroxyl groups is 2. The highest BCUT2D eigenvalue weighted by molar-refractivity contribution is 6.33. The molecule has 0 heterocycles. The number of rotatable bonds is 12. The molecule has 0 atom stereocenters. The fourth-order valence-electron chi connectivity index (χ4n) is 3.64. The van der Waals surface area contributed by atoms with E-state index in [1.807, 2.05) is 0 Å². The quantitative estimate of drug-likeness (QED) is 0.103. The molecule has 0 fully saturated rings. The molecule has 0 aliphatic heterocycles. The van der Waals surface area contributed by atoms with E-state index in [2.05, 4.69) is 21.3 Å². The Morgan fingerprint density at radius 2 is 0.925 bits per heavy atom. The number of phenols is 2. The van der Waals surface area contributed by atoms with Crippen LogP contribution in [-0.2, 0) is 9.59 Å². The fourth-order valence-corrected chi connectivity index (χ4v) is 3.64. The number of aliphatic hydroxyl groups is 2. The van der Waals surface area contributed by atoms with E-state index in [1.54, 1.807) is 12.1 Å². The molecule has 0 bridgehead atoms. The lowest BCUT2D eigenvalue weighted by Gasteiger charge is -2.25. The Hall–Kier alpha value is -4.24. The van der Waals surface area contributed by atoms with Crippen LogP contribution in [0.1, 0.15) is 45.7 Å². The summed E-state index contributed by atoms with van der Waals surface area (Å²) in [6.45, 7) is 4.98. The molecule has 14 nitrogen and oxygen atoms in total. The molecule has 0 spiro atoms. The molecule has 0 amide bonds. The van der Waals surface area contributed by atoms with Crippen LogP contribution in [0.15, 0.2) is 24.3 Å². The molecule has 3 rings (SSSR count). The van der Waals surface area contributed by atoms with Gasteiger partial charge in [-0.05, 0) is 24.3 Å². The van der Waals surface area contributed by atoms with Crippen LogP contribution in [0.25, 0.3) is 0 Å². The summed E-state index contributed by atoms with van der Waals surface area (Å²) >= 11 is 0. The third-order valence-electron chi connectivity index (χ3n) is 5.09. The number of anilines is 2. The van der Waals surface area contributed by atoms with Gasteiger partial charge < -0.3 is 51.9 Å². The molecule has 14 heteroatoms. The van der Waals surface area contributed by atoms with Gasteiger partial charge in [0, 0.05) is 64.5 Å². The average Bonchev–Trinajstić information content (AvgIpc) is 2.88. The first-order valence-corrected chi connectivity index (χ1v) is 12.3. The van der Waals surface area contributed by atoms with E-state index in [1.165, 1.54) is 12.1 Å². The van der Waals surface area contributed by atoms with Crippen LogP contribution >= 0.6 is 0 Å². The predicted octanol–water partition coefficient (Wildman–Crippen LogP) is 0.0426. The Morgan fingerprint density at radius 3 is 1.23 bits per heavy atom. The van der Waals surface area contributed by atoms with Gasteiger partial charge in [0.15, 0.2) is 0 Å². The van der Waals surface area contributed by atoms with Gasteiger partial charge in [0.2, 0.25) is 11.6 Å². The topological polar surface area (TPSA) is 238 Å². The second-order valence-electron chi connectivity index (χ2n) is 8.26. The van der Waals surface area contributed by atoms with Gasteiger partial charge in [0.25, 0.3) is 11.9 Å². The average molecular weight is 565 g/mol. The number of phenolic OH excluding ortho intramolecular Hbond substituents is 2. The summed E-state index contributed by atoms with van der Waals surface area (Å²) in [5.74, 6) is -3.53. The molecule has 0 saturated carbocycles. The number of benzene rings is 2. The summed E-state index contributed by atoms with van der Waals surface area (Å²) in [4.78, 5) is 44.7. The molecule has 220 valence electrons. The number of carboxylic acid groups (broad SMARTS) is 2. The molecule has 1 aliphatic rings. The molecular weight excluding hydrogens is 528 g/mol. The molecular formula is C26H36N4O10. The largest absolute Gasteiger partial charge is 0.507 e. The molecule has 0 unspecified atom stereocenters. The number of aliphatic hydroxyl groups excluding tert-OH is 2. The Kier molecular flexibility index (Phi) is 14.7. The molecule has 0 aromatic heterocycles. The van der Waals surface area contributed by atoms with Crippen LogP contribution in [0, 0.1) is 0 Å². The van der Waals surface area contributed by atoms with Gasteiger partial charge >= 0.3 is 0 Å². The smallest absolute Gasteiger partial charge is 0.300 e. The minimum Gasteiger partial charge on any atom is -0.507 e. The zero-order valence-corrected chi connectivity index (χ0v) is 22.3. The Morgan fingerprint density at radius 1 is 0.600 bits per heavy atom. The van der Waals surface area contributed by atoms with Crippen molar-refractivity contribution >= 4 is 34.9 Å². The normalized spacial score (nSPS) is 11.2. The highest BCUT2D eigenvalue weighted by atomic mass is 16.4. The van der Waals surface area contributed by atoms with Crippen molar-refractivity contribution in [3.63, 3.8) is 0 Å². The van der Waals surface area contributed by atoms with Crippen molar-refractivity contribution < 1.29 is 49.8 Å². The maximum Gasteiger partial charge on any atom is 0.300 e. The van der Waals surface area contributed by atoms with Gasteiger partial charge in [-0.25, -0.2) is 0 Å². The van der Waals surface area contributed by atoms with Crippen molar-refractivity contribution in [2.45, 2.75) is 13.8 Å². The number of aliphatic carboxylic acids is 2. The number of carbonyl (C=O) groups excluding carboxylic acids is 2. The fraction of sp³-hybridized carbons (Fsp3) is 0.385. The number of carboxylic acids is 2. The molecule has 10 N–H and O–H groups in total. The number of ketones is 2. The lowest BCUT2D eigenvalue weighted by molar-refractivity contribution is -0.135. The van der Waals surface area contributed by atoms with Crippen LogP contribution in [0.3, 0.4) is 0 Å². The van der Waals surface area contributed by atoms with E-state index in [0.29, 0.717) is 50.6 Å². The summed E-state index contributed by atoms with van der Waals surface area (Å²) in [7, 11) is 0. The van der Waals surface area contributed by atoms with Crippen molar-refractivity contribution in [1.82, 2.24) is 10.6 Å². The van der Waals surface area contributed by atoms with Crippen molar-refractivity contribution in [1.29, 1.82) is 0 Å². The lowest BCUT2D eigenvalue weighted by Crippen LogP contribution is -2.28. The summed E-state index contributed by atoms with van der Waals surface area (Å²) in [6, 6.07) is 5.74. The monoisotopic (exact) mass is 564 g/mol. The molecule has 40 heavy (non-hydrogen) atoms. The van der Waals surface area contributed by atoms with Crippen molar-refractivity contribution in [2.24, 2.45) is 0 Å². The Labute approximate surface area is 230 Å². The summed E-state index contributed by atoms with van der Waals surface area (Å²) in [5.41, 5.74) is 0.678. The number of fused-ring (bicyclic) bond motifs is 2. The van der Waals surface area contributed by atoms with Crippen LogP contribution in [-0.4, -0.2) is 107 Å². The molecule has 1 aliphatic carbocycles. The number of hydrogen-bond donors (Lipinski definition) is 10. The first-order chi connectivity index (χ1) is 19.0. The lowest BCUT2D eigenvalue weighted by atomic mass is 9.81. The van der Waals surface area contributed by atoms with Crippen LogP contribution < -0.4 is 21.3 Å². The second-order valence-corrected chi connectivity index (χ2v) is 8.26. The maximum absolute atomic E-state index is 13.4. The van der Waals surface area contributed by atoms with E-state index in [4.69, 9.17) is 30.0 Å². The van der Waals surface area contributed by atoms with Crippen molar-refractivity contribution in [3.05, 3.63) is 46.5 Å². The first kappa shape index (κ1) is 33.8. The minimum absolute atomic E-state index is 0.00939. The van der Waals surface area contributed by atoms with Gasteiger partial charge in [0.05, 0.1) is 35.5 Å². The zero-order valence-electron chi connectivity index (χ0n) is 22.3. The first-order valence-electron chi connectivity index (χ1n) is 12.3.